The van der Waals surface area contributed by atoms with E-state index in [9.17, 15) is 0 Å². The maximum Gasteiger partial charge on any atom is 0.151 e. The number of hydrogen-bond acceptors (Lipinski definition) is 4. The van der Waals surface area contributed by atoms with Crippen LogP contribution < -0.4 is 5.32 Å². The molecule has 0 aromatic carbocycles. The van der Waals surface area contributed by atoms with Gasteiger partial charge in [-0.1, -0.05) is 19.0 Å². The molecule has 0 radical (unpaired) electrons. The molecule has 1 aromatic heterocycles. The minimum atomic E-state index is 0.656. The van der Waals surface area contributed by atoms with Crippen LogP contribution in [0.2, 0.25) is 0 Å². The maximum absolute atomic E-state index is 5.45. The van der Waals surface area contributed by atoms with E-state index in [0.29, 0.717) is 6.04 Å². The van der Waals surface area contributed by atoms with Gasteiger partial charge in [-0.3, -0.25) is 4.90 Å². The van der Waals surface area contributed by atoms with E-state index in [-0.39, 0.29) is 0 Å². The molecular weight excluding hydrogens is 238 g/mol. The second-order valence-corrected chi connectivity index (χ2v) is 5.92. The van der Waals surface area contributed by atoms with Gasteiger partial charge >= 0.3 is 0 Å². The van der Waals surface area contributed by atoms with Crippen LogP contribution in [-0.4, -0.2) is 29.2 Å². The lowest BCUT2D eigenvalue weighted by Crippen LogP contribution is -2.40. The van der Waals surface area contributed by atoms with Crippen LogP contribution in [0.1, 0.15) is 51.5 Å². The highest BCUT2D eigenvalue weighted by Gasteiger charge is 2.23. The van der Waals surface area contributed by atoms with E-state index < -0.39 is 0 Å². The van der Waals surface area contributed by atoms with Crippen molar-refractivity contribution in [2.24, 2.45) is 5.92 Å². The number of aromatic nitrogens is 1. The lowest BCUT2D eigenvalue weighted by molar-refractivity contribution is 0.106. The molecule has 1 aliphatic rings. The predicted molar refractivity (Wildman–Crippen MR) is 76.8 cm³/mol. The largest absolute Gasteiger partial charge is 0.360 e. The summed E-state index contributed by atoms with van der Waals surface area (Å²) in [7, 11) is 0. The number of piperidine rings is 1. The van der Waals surface area contributed by atoms with Crippen molar-refractivity contribution in [1.82, 2.24) is 15.4 Å². The van der Waals surface area contributed by atoms with E-state index in [1.165, 1.54) is 19.4 Å². The Morgan fingerprint density at radius 3 is 3.05 bits per heavy atom. The molecule has 1 saturated heterocycles. The van der Waals surface area contributed by atoms with Crippen molar-refractivity contribution in [3.8, 4) is 0 Å². The molecule has 0 amide bonds. The van der Waals surface area contributed by atoms with E-state index >= 15 is 0 Å². The van der Waals surface area contributed by atoms with Crippen LogP contribution in [-0.2, 0) is 13.1 Å². The van der Waals surface area contributed by atoms with Gasteiger partial charge in [0.05, 0.1) is 12.2 Å². The van der Waals surface area contributed by atoms with E-state index in [0.717, 1.165) is 43.4 Å². The average Bonchev–Trinajstić information content (AvgIpc) is 2.82. The van der Waals surface area contributed by atoms with E-state index in [1.54, 1.807) is 0 Å². The van der Waals surface area contributed by atoms with E-state index in [1.807, 2.05) is 0 Å². The van der Waals surface area contributed by atoms with Crippen LogP contribution in [0.5, 0.6) is 0 Å². The van der Waals surface area contributed by atoms with Crippen molar-refractivity contribution in [3.63, 3.8) is 0 Å². The van der Waals surface area contributed by atoms with Gasteiger partial charge in [0.2, 0.25) is 0 Å². The second kappa shape index (κ2) is 7.06. The summed E-state index contributed by atoms with van der Waals surface area (Å²) in [6, 6.07) is 2.75. The number of rotatable bonds is 6. The van der Waals surface area contributed by atoms with Gasteiger partial charge < -0.3 is 9.84 Å². The standard InChI is InChI=1S/C15H27N3O/c1-4-7-16-9-14-8-15(19-17-14)11-18-10-12(2)5-6-13(18)3/h8,12-13,16H,4-7,9-11H2,1-3H3. The molecular formula is C15H27N3O. The highest BCUT2D eigenvalue weighted by molar-refractivity contribution is 5.05. The average molecular weight is 265 g/mol. The van der Waals surface area contributed by atoms with Gasteiger partial charge in [-0.15, -0.1) is 0 Å². The molecule has 2 heterocycles. The third-order valence-corrected chi connectivity index (χ3v) is 3.95. The molecule has 2 atom stereocenters. The van der Waals surface area contributed by atoms with Crippen LogP contribution >= 0.6 is 0 Å². The highest BCUT2D eigenvalue weighted by Crippen LogP contribution is 2.23. The van der Waals surface area contributed by atoms with Gasteiger partial charge in [-0.05, 0) is 38.6 Å². The molecule has 0 aliphatic carbocycles. The van der Waals surface area contributed by atoms with Gasteiger partial charge in [-0.25, -0.2) is 0 Å². The van der Waals surface area contributed by atoms with Crippen molar-refractivity contribution in [3.05, 3.63) is 17.5 Å². The highest BCUT2D eigenvalue weighted by atomic mass is 16.5. The Morgan fingerprint density at radius 2 is 2.26 bits per heavy atom. The SMILES string of the molecule is CCCNCc1cc(CN2CC(C)CCC2C)on1. The summed E-state index contributed by atoms with van der Waals surface area (Å²) in [6.45, 7) is 10.7. The molecule has 2 rings (SSSR count). The number of nitrogens with one attached hydrogen (secondary N) is 1. The summed E-state index contributed by atoms with van der Waals surface area (Å²) in [6.07, 6.45) is 3.79. The maximum atomic E-state index is 5.45. The summed E-state index contributed by atoms with van der Waals surface area (Å²) in [5.74, 6) is 1.79. The lowest BCUT2D eigenvalue weighted by atomic mass is 9.95. The van der Waals surface area contributed by atoms with E-state index in [2.05, 4.69) is 42.2 Å². The molecule has 0 bridgehead atoms. The number of hydrogen-bond donors (Lipinski definition) is 1. The quantitative estimate of drug-likeness (QED) is 0.803. The predicted octanol–water partition coefficient (Wildman–Crippen LogP) is 2.79. The van der Waals surface area contributed by atoms with E-state index in [4.69, 9.17) is 4.52 Å². The van der Waals surface area contributed by atoms with Crippen molar-refractivity contribution in [2.75, 3.05) is 13.1 Å². The van der Waals surface area contributed by atoms with Crippen molar-refractivity contribution < 1.29 is 4.52 Å². The molecule has 108 valence electrons. The Morgan fingerprint density at radius 1 is 1.42 bits per heavy atom. The number of nitrogens with zero attached hydrogens (tertiary/aromatic N) is 2. The third-order valence-electron chi connectivity index (χ3n) is 3.95. The van der Waals surface area contributed by atoms with Crippen LogP contribution in [0.4, 0.5) is 0 Å². The van der Waals surface area contributed by atoms with Crippen molar-refractivity contribution in [2.45, 2.75) is 59.2 Å². The molecule has 19 heavy (non-hydrogen) atoms. The molecule has 4 heteroatoms. The fraction of sp³-hybridized carbons (Fsp3) is 0.800. The Balaban J connectivity index is 1.84. The molecule has 1 aliphatic heterocycles. The van der Waals surface area contributed by atoms with Gasteiger partial charge in [-0.2, -0.15) is 0 Å². The normalized spacial score (nSPS) is 24.8. The monoisotopic (exact) mass is 265 g/mol. The zero-order chi connectivity index (χ0) is 13.7. The minimum absolute atomic E-state index is 0.656. The Kier molecular flexibility index (Phi) is 5.40. The first kappa shape index (κ1) is 14.5. The Bertz CT molecular complexity index is 377. The topological polar surface area (TPSA) is 41.3 Å². The molecule has 1 aromatic rings. The lowest BCUT2D eigenvalue weighted by Gasteiger charge is -2.35. The fourth-order valence-corrected chi connectivity index (χ4v) is 2.71. The zero-order valence-corrected chi connectivity index (χ0v) is 12.5. The molecule has 1 N–H and O–H groups in total. The Hall–Kier alpha value is -0.870. The summed E-state index contributed by atoms with van der Waals surface area (Å²) in [5.41, 5.74) is 1.01. The van der Waals surface area contributed by atoms with Crippen LogP contribution in [0.25, 0.3) is 0 Å². The van der Waals surface area contributed by atoms with Crippen LogP contribution in [0.3, 0.4) is 0 Å². The molecule has 1 fully saturated rings. The minimum Gasteiger partial charge on any atom is -0.360 e. The summed E-state index contributed by atoms with van der Waals surface area (Å²) in [5, 5.41) is 7.48. The second-order valence-electron chi connectivity index (χ2n) is 5.92. The molecule has 0 saturated carbocycles. The first-order valence-electron chi connectivity index (χ1n) is 7.58. The van der Waals surface area contributed by atoms with Gasteiger partial charge in [0.15, 0.2) is 5.76 Å². The van der Waals surface area contributed by atoms with Crippen molar-refractivity contribution >= 4 is 0 Å². The first-order valence-corrected chi connectivity index (χ1v) is 7.58. The van der Waals surface area contributed by atoms with Gasteiger partial charge in [0, 0.05) is 25.2 Å². The Labute approximate surface area is 116 Å². The summed E-state index contributed by atoms with van der Waals surface area (Å²) >= 11 is 0. The third kappa shape index (κ3) is 4.32. The first-order chi connectivity index (χ1) is 9.19. The summed E-state index contributed by atoms with van der Waals surface area (Å²) in [4.78, 5) is 2.51. The van der Waals surface area contributed by atoms with Gasteiger partial charge in [0.25, 0.3) is 0 Å². The van der Waals surface area contributed by atoms with Gasteiger partial charge in [0.1, 0.15) is 0 Å². The van der Waals surface area contributed by atoms with Crippen LogP contribution in [0.15, 0.2) is 10.6 Å². The van der Waals surface area contributed by atoms with Crippen LogP contribution in [0, 0.1) is 5.92 Å². The fourth-order valence-electron chi connectivity index (χ4n) is 2.71. The summed E-state index contributed by atoms with van der Waals surface area (Å²) < 4.78 is 5.45. The number of likely N-dealkylation sites (tertiary alicyclic amines) is 1. The molecule has 4 nitrogen and oxygen atoms in total. The molecule has 0 spiro atoms. The zero-order valence-electron chi connectivity index (χ0n) is 12.5. The smallest absolute Gasteiger partial charge is 0.151 e. The van der Waals surface area contributed by atoms with Crippen molar-refractivity contribution in [1.29, 1.82) is 0 Å². The molecule has 2 unspecified atom stereocenters.